The normalized spacial score (nSPS) is 16.7. The third kappa shape index (κ3) is 3.79. The van der Waals surface area contributed by atoms with Crippen LogP contribution in [0.2, 0.25) is 0 Å². The van der Waals surface area contributed by atoms with Crippen molar-refractivity contribution in [2.75, 3.05) is 12.4 Å². The number of para-hydroxylation sites is 2. The summed E-state index contributed by atoms with van der Waals surface area (Å²) < 4.78 is 11.0. The molecule has 1 aliphatic heterocycles. The van der Waals surface area contributed by atoms with Crippen LogP contribution in [-0.2, 0) is 9.59 Å². The van der Waals surface area contributed by atoms with Crippen LogP contribution in [0.4, 0.5) is 5.69 Å². The molecule has 0 spiro atoms. The molecule has 1 heterocycles. The highest BCUT2D eigenvalue weighted by Gasteiger charge is 2.30. The standard InChI is InChI=1S/C20H22N2O4/c1-12-8-9-16(25-3)14(10-12)13(2)21-19(23)11-18-20(24)22-15-6-4-5-7-17(15)26-18/h4-10,13,18H,11H2,1-3H3,(H,21,23)(H,22,24)/t13-,18+/m0/s1. The first kappa shape index (κ1) is 17.8. The number of hydrogen-bond donors (Lipinski definition) is 2. The van der Waals surface area contributed by atoms with Crippen LogP contribution < -0.4 is 20.1 Å². The molecule has 6 nitrogen and oxygen atoms in total. The number of benzene rings is 2. The zero-order chi connectivity index (χ0) is 18.7. The number of carbonyl (C=O) groups excluding carboxylic acids is 2. The fraction of sp³-hybridized carbons (Fsp3) is 0.300. The van der Waals surface area contributed by atoms with E-state index in [1.54, 1.807) is 19.2 Å². The number of carbonyl (C=O) groups is 2. The molecule has 3 rings (SSSR count). The maximum absolute atomic E-state index is 12.4. The van der Waals surface area contributed by atoms with E-state index >= 15 is 0 Å². The molecule has 6 heteroatoms. The summed E-state index contributed by atoms with van der Waals surface area (Å²) in [5.74, 6) is 0.697. The first-order valence-electron chi connectivity index (χ1n) is 8.48. The molecule has 0 aromatic heterocycles. The van der Waals surface area contributed by atoms with Gasteiger partial charge >= 0.3 is 0 Å². The SMILES string of the molecule is COc1ccc(C)cc1[C@H](C)NC(=O)C[C@H]1Oc2ccccc2NC1=O. The minimum absolute atomic E-state index is 0.0569. The van der Waals surface area contributed by atoms with Gasteiger partial charge in [0.2, 0.25) is 5.91 Å². The van der Waals surface area contributed by atoms with E-state index < -0.39 is 6.10 Å². The number of amides is 2. The number of methoxy groups -OCH3 is 1. The third-order valence-corrected chi connectivity index (χ3v) is 4.31. The number of aryl methyl sites for hydroxylation is 1. The van der Waals surface area contributed by atoms with Crippen molar-refractivity contribution in [3.05, 3.63) is 53.6 Å². The Bertz CT molecular complexity index is 834. The molecule has 2 aromatic carbocycles. The monoisotopic (exact) mass is 354 g/mol. The molecular formula is C20H22N2O4. The molecular weight excluding hydrogens is 332 g/mol. The molecule has 0 aliphatic carbocycles. The van der Waals surface area contributed by atoms with Crippen molar-refractivity contribution in [2.45, 2.75) is 32.4 Å². The quantitative estimate of drug-likeness (QED) is 0.865. The highest BCUT2D eigenvalue weighted by Crippen LogP contribution is 2.30. The summed E-state index contributed by atoms with van der Waals surface area (Å²) in [5, 5.41) is 5.67. The fourth-order valence-corrected chi connectivity index (χ4v) is 2.97. The molecule has 0 unspecified atom stereocenters. The summed E-state index contributed by atoms with van der Waals surface area (Å²) in [4.78, 5) is 24.6. The Morgan fingerprint density at radius 1 is 1.31 bits per heavy atom. The summed E-state index contributed by atoms with van der Waals surface area (Å²) in [6.45, 7) is 3.86. The van der Waals surface area contributed by atoms with Gasteiger partial charge in [-0.05, 0) is 32.0 Å². The van der Waals surface area contributed by atoms with Gasteiger partial charge in [0, 0.05) is 5.56 Å². The molecule has 136 valence electrons. The van der Waals surface area contributed by atoms with Crippen LogP contribution in [-0.4, -0.2) is 25.0 Å². The second-order valence-corrected chi connectivity index (χ2v) is 6.33. The van der Waals surface area contributed by atoms with Gasteiger partial charge in [0.15, 0.2) is 6.10 Å². The number of rotatable bonds is 5. The Balaban J connectivity index is 1.66. The summed E-state index contributed by atoms with van der Waals surface area (Å²) in [7, 11) is 1.60. The molecule has 2 aromatic rings. The first-order chi connectivity index (χ1) is 12.5. The van der Waals surface area contributed by atoms with Crippen LogP contribution in [0.1, 0.15) is 30.5 Å². The van der Waals surface area contributed by atoms with Crippen LogP contribution in [0.15, 0.2) is 42.5 Å². The molecule has 26 heavy (non-hydrogen) atoms. The molecule has 0 bridgehead atoms. The Morgan fingerprint density at radius 3 is 2.85 bits per heavy atom. The smallest absolute Gasteiger partial charge is 0.266 e. The fourth-order valence-electron chi connectivity index (χ4n) is 2.97. The minimum atomic E-state index is -0.850. The Morgan fingerprint density at radius 2 is 2.08 bits per heavy atom. The Hall–Kier alpha value is -3.02. The topological polar surface area (TPSA) is 76.7 Å². The minimum Gasteiger partial charge on any atom is -0.496 e. The maximum Gasteiger partial charge on any atom is 0.266 e. The van der Waals surface area contributed by atoms with Crippen molar-refractivity contribution in [2.24, 2.45) is 0 Å². The maximum atomic E-state index is 12.4. The van der Waals surface area contributed by atoms with Crippen molar-refractivity contribution >= 4 is 17.5 Å². The molecule has 0 saturated heterocycles. The lowest BCUT2D eigenvalue weighted by atomic mass is 10.0. The average molecular weight is 354 g/mol. The van der Waals surface area contributed by atoms with E-state index in [1.165, 1.54) is 0 Å². The van der Waals surface area contributed by atoms with E-state index in [2.05, 4.69) is 10.6 Å². The molecule has 1 aliphatic rings. The van der Waals surface area contributed by atoms with Gasteiger partial charge in [-0.25, -0.2) is 0 Å². The summed E-state index contributed by atoms with van der Waals surface area (Å²) in [6, 6.07) is 12.7. The van der Waals surface area contributed by atoms with Crippen molar-refractivity contribution < 1.29 is 19.1 Å². The van der Waals surface area contributed by atoms with Crippen molar-refractivity contribution in [1.29, 1.82) is 0 Å². The lowest BCUT2D eigenvalue weighted by Gasteiger charge is -2.26. The van der Waals surface area contributed by atoms with Crippen molar-refractivity contribution in [1.82, 2.24) is 5.32 Å². The van der Waals surface area contributed by atoms with Crippen LogP contribution in [0, 0.1) is 6.92 Å². The van der Waals surface area contributed by atoms with Crippen LogP contribution >= 0.6 is 0 Å². The van der Waals surface area contributed by atoms with Gasteiger partial charge < -0.3 is 20.1 Å². The number of fused-ring (bicyclic) bond motifs is 1. The van der Waals surface area contributed by atoms with E-state index in [0.717, 1.165) is 11.1 Å². The molecule has 0 saturated carbocycles. The zero-order valence-electron chi connectivity index (χ0n) is 15.0. The van der Waals surface area contributed by atoms with E-state index in [4.69, 9.17) is 9.47 Å². The number of hydrogen-bond acceptors (Lipinski definition) is 4. The molecule has 0 fully saturated rings. The molecule has 0 radical (unpaired) electrons. The van der Waals surface area contributed by atoms with Gasteiger partial charge in [-0.15, -0.1) is 0 Å². The average Bonchev–Trinajstić information content (AvgIpc) is 2.62. The zero-order valence-corrected chi connectivity index (χ0v) is 15.0. The third-order valence-electron chi connectivity index (χ3n) is 4.31. The number of anilines is 1. The van der Waals surface area contributed by atoms with Gasteiger partial charge in [0.1, 0.15) is 11.5 Å². The van der Waals surface area contributed by atoms with Crippen LogP contribution in [0.5, 0.6) is 11.5 Å². The molecule has 2 amide bonds. The van der Waals surface area contributed by atoms with Crippen molar-refractivity contribution in [3.63, 3.8) is 0 Å². The predicted molar refractivity (Wildman–Crippen MR) is 98.4 cm³/mol. The van der Waals surface area contributed by atoms with Gasteiger partial charge in [0.05, 0.1) is 25.3 Å². The van der Waals surface area contributed by atoms with E-state index in [-0.39, 0.29) is 24.3 Å². The largest absolute Gasteiger partial charge is 0.496 e. The Labute approximate surface area is 152 Å². The highest BCUT2D eigenvalue weighted by atomic mass is 16.5. The van der Waals surface area contributed by atoms with Gasteiger partial charge in [0.25, 0.3) is 5.91 Å². The van der Waals surface area contributed by atoms with Crippen LogP contribution in [0.25, 0.3) is 0 Å². The Kier molecular flexibility index (Phi) is 5.11. The molecule has 2 atom stereocenters. The van der Waals surface area contributed by atoms with E-state index in [9.17, 15) is 9.59 Å². The lowest BCUT2D eigenvalue weighted by molar-refractivity contribution is -0.130. The lowest BCUT2D eigenvalue weighted by Crippen LogP contribution is -2.41. The molecule has 2 N–H and O–H groups in total. The predicted octanol–water partition coefficient (Wildman–Crippen LogP) is 2.97. The van der Waals surface area contributed by atoms with Gasteiger partial charge in [-0.1, -0.05) is 29.8 Å². The number of nitrogens with one attached hydrogen (secondary N) is 2. The summed E-state index contributed by atoms with van der Waals surface area (Å²) >= 11 is 0. The summed E-state index contributed by atoms with van der Waals surface area (Å²) in [6.07, 6.45) is -0.907. The van der Waals surface area contributed by atoms with Crippen LogP contribution in [0.3, 0.4) is 0 Å². The second-order valence-electron chi connectivity index (χ2n) is 6.33. The summed E-state index contributed by atoms with van der Waals surface area (Å²) in [5.41, 5.74) is 2.58. The number of ether oxygens (including phenoxy) is 2. The van der Waals surface area contributed by atoms with E-state index in [0.29, 0.717) is 17.2 Å². The second kappa shape index (κ2) is 7.47. The highest BCUT2D eigenvalue weighted by molar-refractivity contribution is 5.99. The van der Waals surface area contributed by atoms with E-state index in [1.807, 2.05) is 44.2 Å². The first-order valence-corrected chi connectivity index (χ1v) is 8.48. The van der Waals surface area contributed by atoms with Gasteiger partial charge in [-0.3, -0.25) is 9.59 Å². The van der Waals surface area contributed by atoms with Crippen molar-refractivity contribution in [3.8, 4) is 11.5 Å². The van der Waals surface area contributed by atoms with Gasteiger partial charge in [-0.2, -0.15) is 0 Å².